The standard InChI is InChI=1S/C8H14N2O2.C8H10O2/c1-10-6-8(12-7(10)11)2-4-9-5-3-8;1-9-7-5-3-4-6-8(7)10-2/h9H,2-6H2,1H3;3-6H,1-2H3. The van der Waals surface area contributed by atoms with Crippen LogP contribution in [-0.2, 0) is 4.74 Å². The van der Waals surface area contributed by atoms with Crippen LogP contribution in [0.1, 0.15) is 12.8 Å². The van der Waals surface area contributed by atoms with E-state index in [4.69, 9.17) is 14.2 Å². The van der Waals surface area contributed by atoms with Crippen LogP contribution in [0.25, 0.3) is 0 Å². The van der Waals surface area contributed by atoms with E-state index in [1.807, 2.05) is 24.3 Å². The summed E-state index contributed by atoms with van der Waals surface area (Å²) in [5.74, 6) is 1.54. The van der Waals surface area contributed by atoms with Gasteiger partial charge in [0.15, 0.2) is 11.5 Å². The lowest BCUT2D eigenvalue weighted by atomic mass is 9.93. The summed E-state index contributed by atoms with van der Waals surface area (Å²) < 4.78 is 15.4. The van der Waals surface area contributed by atoms with Gasteiger partial charge >= 0.3 is 6.09 Å². The number of ether oxygens (including phenoxy) is 3. The van der Waals surface area contributed by atoms with Crippen LogP contribution in [0.2, 0.25) is 0 Å². The molecule has 0 bridgehead atoms. The normalized spacial score (nSPS) is 19.2. The monoisotopic (exact) mass is 308 g/mol. The summed E-state index contributed by atoms with van der Waals surface area (Å²) in [6.45, 7) is 2.68. The average Bonchev–Trinajstić information content (AvgIpc) is 2.82. The first-order chi connectivity index (χ1) is 10.6. The fraction of sp³-hybridized carbons (Fsp3) is 0.562. The van der Waals surface area contributed by atoms with E-state index in [1.54, 1.807) is 26.2 Å². The van der Waals surface area contributed by atoms with Gasteiger partial charge in [-0.3, -0.25) is 0 Å². The van der Waals surface area contributed by atoms with Gasteiger partial charge in [0.1, 0.15) is 5.60 Å². The minimum absolute atomic E-state index is 0.170. The number of benzene rings is 1. The summed E-state index contributed by atoms with van der Waals surface area (Å²) in [5, 5.41) is 3.26. The summed E-state index contributed by atoms with van der Waals surface area (Å²) in [6.07, 6.45) is 1.73. The molecule has 2 aliphatic rings. The third-order valence-corrected chi connectivity index (χ3v) is 3.94. The van der Waals surface area contributed by atoms with Crippen LogP contribution in [0.5, 0.6) is 11.5 Å². The quantitative estimate of drug-likeness (QED) is 0.904. The molecule has 22 heavy (non-hydrogen) atoms. The lowest BCUT2D eigenvalue weighted by Crippen LogP contribution is -2.44. The van der Waals surface area contributed by atoms with Gasteiger partial charge in [-0.15, -0.1) is 0 Å². The van der Waals surface area contributed by atoms with E-state index in [9.17, 15) is 4.79 Å². The molecule has 2 aliphatic heterocycles. The van der Waals surface area contributed by atoms with Crippen molar-refractivity contribution in [1.29, 1.82) is 0 Å². The van der Waals surface area contributed by atoms with Crippen LogP contribution in [0.15, 0.2) is 24.3 Å². The maximum atomic E-state index is 11.1. The zero-order chi connectivity index (χ0) is 16.0. The number of methoxy groups -OCH3 is 2. The van der Waals surface area contributed by atoms with Gasteiger partial charge in [-0.1, -0.05) is 12.1 Å². The van der Waals surface area contributed by atoms with Crippen molar-refractivity contribution >= 4 is 6.09 Å². The minimum atomic E-state index is -0.170. The van der Waals surface area contributed by atoms with Crippen molar-refractivity contribution < 1.29 is 19.0 Å². The number of nitrogens with zero attached hydrogens (tertiary/aromatic N) is 1. The highest BCUT2D eigenvalue weighted by Gasteiger charge is 2.44. The average molecular weight is 308 g/mol. The van der Waals surface area contributed by atoms with Crippen LogP contribution in [0.4, 0.5) is 4.79 Å². The van der Waals surface area contributed by atoms with Crippen molar-refractivity contribution in [2.45, 2.75) is 18.4 Å². The van der Waals surface area contributed by atoms with Crippen molar-refractivity contribution in [1.82, 2.24) is 10.2 Å². The first-order valence-electron chi connectivity index (χ1n) is 7.42. The summed E-state index contributed by atoms with van der Waals surface area (Å²) in [5.41, 5.74) is -0.170. The van der Waals surface area contributed by atoms with Crippen LogP contribution < -0.4 is 14.8 Å². The van der Waals surface area contributed by atoms with Crippen molar-refractivity contribution in [2.75, 3.05) is 40.9 Å². The third-order valence-electron chi connectivity index (χ3n) is 3.94. The molecule has 3 rings (SSSR count). The number of amides is 1. The van der Waals surface area contributed by atoms with E-state index in [0.29, 0.717) is 0 Å². The number of carbonyl (C=O) groups excluding carboxylic acids is 1. The first-order valence-corrected chi connectivity index (χ1v) is 7.42. The number of para-hydroxylation sites is 2. The van der Waals surface area contributed by atoms with Gasteiger partial charge in [0.25, 0.3) is 0 Å². The predicted molar refractivity (Wildman–Crippen MR) is 83.5 cm³/mol. The number of hydrogen-bond acceptors (Lipinski definition) is 5. The zero-order valence-electron chi connectivity index (χ0n) is 13.4. The third kappa shape index (κ3) is 3.82. The number of likely N-dealkylation sites (N-methyl/N-ethyl adjacent to an activating group) is 1. The van der Waals surface area contributed by atoms with Crippen molar-refractivity contribution in [3.8, 4) is 11.5 Å². The molecule has 6 nitrogen and oxygen atoms in total. The smallest absolute Gasteiger partial charge is 0.410 e. The number of piperidine rings is 1. The maximum Gasteiger partial charge on any atom is 0.410 e. The van der Waals surface area contributed by atoms with E-state index < -0.39 is 0 Å². The molecule has 6 heteroatoms. The number of rotatable bonds is 2. The topological polar surface area (TPSA) is 60.0 Å². The van der Waals surface area contributed by atoms with Crippen molar-refractivity contribution in [3.63, 3.8) is 0 Å². The Kier molecular flexibility index (Phi) is 5.49. The number of carbonyl (C=O) groups is 1. The van der Waals surface area contributed by atoms with E-state index in [0.717, 1.165) is 44.0 Å². The molecule has 0 unspecified atom stereocenters. The predicted octanol–water partition coefficient (Wildman–Crippen LogP) is 1.89. The molecule has 2 heterocycles. The maximum absolute atomic E-state index is 11.1. The first kappa shape index (κ1) is 16.4. The lowest BCUT2D eigenvalue weighted by Gasteiger charge is -2.30. The highest BCUT2D eigenvalue weighted by molar-refractivity contribution is 5.70. The Morgan fingerprint density at radius 3 is 2.09 bits per heavy atom. The summed E-state index contributed by atoms with van der Waals surface area (Å²) in [4.78, 5) is 12.8. The molecule has 2 saturated heterocycles. The molecule has 0 aliphatic carbocycles. The molecule has 2 fully saturated rings. The number of nitrogens with one attached hydrogen (secondary N) is 1. The van der Waals surface area contributed by atoms with E-state index in [-0.39, 0.29) is 11.7 Å². The van der Waals surface area contributed by atoms with Gasteiger partial charge in [-0.2, -0.15) is 0 Å². The van der Waals surface area contributed by atoms with Gasteiger partial charge in [-0.05, 0) is 25.2 Å². The van der Waals surface area contributed by atoms with E-state index in [2.05, 4.69) is 5.32 Å². The molecule has 1 aromatic carbocycles. The molecule has 1 aromatic rings. The van der Waals surface area contributed by atoms with Crippen molar-refractivity contribution in [3.05, 3.63) is 24.3 Å². The van der Waals surface area contributed by atoms with Crippen molar-refractivity contribution in [2.24, 2.45) is 0 Å². The second kappa shape index (κ2) is 7.35. The summed E-state index contributed by atoms with van der Waals surface area (Å²) in [6, 6.07) is 7.53. The fourth-order valence-electron chi connectivity index (χ4n) is 2.72. The lowest BCUT2D eigenvalue weighted by molar-refractivity contribution is 0.0316. The Morgan fingerprint density at radius 1 is 1.14 bits per heavy atom. The molecule has 0 aromatic heterocycles. The van der Waals surface area contributed by atoms with Crippen LogP contribution >= 0.6 is 0 Å². The van der Waals surface area contributed by atoms with E-state index >= 15 is 0 Å². The van der Waals surface area contributed by atoms with Gasteiger partial charge in [0, 0.05) is 19.9 Å². The van der Waals surface area contributed by atoms with Crippen LogP contribution in [0.3, 0.4) is 0 Å². The molecular weight excluding hydrogens is 284 g/mol. The molecule has 122 valence electrons. The Morgan fingerprint density at radius 2 is 1.68 bits per heavy atom. The Balaban J connectivity index is 0.000000164. The second-order valence-corrected chi connectivity index (χ2v) is 5.51. The second-order valence-electron chi connectivity index (χ2n) is 5.51. The van der Waals surface area contributed by atoms with Gasteiger partial charge in [0.2, 0.25) is 0 Å². The molecule has 1 spiro atoms. The fourth-order valence-corrected chi connectivity index (χ4v) is 2.72. The van der Waals surface area contributed by atoms with Crippen LogP contribution in [-0.4, -0.2) is 57.5 Å². The molecular formula is C16H24N2O4. The molecule has 0 radical (unpaired) electrons. The summed E-state index contributed by atoms with van der Waals surface area (Å²) >= 11 is 0. The largest absolute Gasteiger partial charge is 0.493 e. The summed E-state index contributed by atoms with van der Waals surface area (Å²) in [7, 11) is 5.04. The van der Waals surface area contributed by atoms with Gasteiger partial charge in [0.05, 0.1) is 20.8 Å². The minimum Gasteiger partial charge on any atom is -0.493 e. The highest BCUT2D eigenvalue weighted by atomic mass is 16.6. The zero-order valence-corrected chi connectivity index (χ0v) is 13.4. The van der Waals surface area contributed by atoms with E-state index in [1.165, 1.54) is 0 Å². The Hall–Kier alpha value is -1.95. The molecule has 1 N–H and O–H groups in total. The molecule has 0 saturated carbocycles. The van der Waals surface area contributed by atoms with Gasteiger partial charge < -0.3 is 24.4 Å². The SMILES string of the molecule is CN1CC2(CCNCC2)OC1=O.COc1ccccc1OC. The highest BCUT2D eigenvalue weighted by Crippen LogP contribution is 2.29. The Labute approximate surface area is 131 Å². The Bertz CT molecular complexity index is 478. The number of hydrogen-bond donors (Lipinski definition) is 1. The molecule has 1 amide bonds. The van der Waals surface area contributed by atoms with Gasteiger partial charge in [-0.25, -0.2) is 4.79 Å². The molecule has 0 atom stereocenters. The van der Waals surface area contributed by atoms with Crippen LogP contribution in [0, 0.1) is 0 Å².